The van der Waals surface area contributed by atoms with Gasteiger partial charge >= 0.3 is 0 Å². The molecular formula is C14H16FN3S. The van der Waals surface area contributed by atoms with Gasteiger partial charge in [0.2, 0.25) is 0 Å². The van der Waals surface area contributed by atoms with Gasteiger partial charge in [-0.2, -0.15) is 0 Å². The first-order chi connectivity index (χ1) is 9.21. The minimum absolute atomic E-state index is 0.218. The molecule has 0 atom stereocenters. The second-order valence-corrected chi connectivity index (χ2v) is 5.06. The Morgan fingerprint density at radius 3 is 2.79 bits per heavy atom. The van der Waals surface area contributed by atoms with Gasteiger partial charge < -0.3 is 5.32 Å². The lowest BCUT2D eigenvalue weighted by Gasteiger charge is -2.06. The summed E-state index contributed by atoms with van der Waals surface area (Å²) in [6.07, 6.45) is 0.870. The zero-order chi connectivity index (χ0) is 13.7. The van der Waals surface area contributed by atoms with E-state index in [0.29, 0.717) is 5.75 Å². The number of aryl methyl sites for hydroxylation is 1. The molecule has 0 unspecified atom stereocenters. The van der Waals surface area contributed by atoms with Gasteiger partial charge in [-0.1, -0.05) is 13.0 Å². The number of hydrogen-bond donors (Lipinski definition) is 1. The molecular weight excluding hydrogens is 261 g/mol. The molecule has 0 aliphatic carbocycles. The summed E-state index contributed by atoms with van der Waals surface area (Å²) in [5.41, 5.74) is 1.01. The summed E-state index contributed by atoms with van der Waals surface area (Å²) in [7, 11) is 1.84. The maximum atomic E-state index is 13.1. The van der Waals surface area contributed by atoms with Gasteiger partial charge in [0.15, 0.2) is 0 Å². The van der Waals surface area contributed by atoms with Crippen LogP contribution in [0.3, 0.4) is 0 Å². The molecule has 0 aliphatic heterocycles. The van der Waals surface area contributed by atoms with Gasteiger partial charge in [0.05, 0.1) is 5.75 Å². The third-order valence-corrected chi connectivity index (χ3v) is 3.60. The Morgan fingerprint density at radius 1 is 1.26 bits per heavy atom. The van der Waals surface area contributed by atoms with Gasteiger partial charge in [-0.3, -0.25) is 0 Å². The molecule has 100 valence electrons. The minimum Gasteiger partial charge on any atom is -0.373 e. The van der Waals surface area contributed by atoms with Crippen LogP contribution in [0.25, 0.3) is 0 Å². The molecule has 0 amide bonds. The first-order valence-electron chi connectivity index (χ1n) is 6.14. The van der Waals surface area contributed by atoms with Crippen LogP contribution >= 0.6 is 11.8 Å². The number of halogens is 1. The van der Waals surface area contributed by atoms with Crippen LogP contribution < -0.4 is 5.32 Å². The quantitative estimate of drug-likeness (QED) is 0.849. The van der Waals surface area contributed by atoms with E-state index in [2.05, 4.69) is 22.2 Å². The Morgan fingerprint density at radius 2 is 2.11 bits per heavy atom. The Labute approximate surface area is 116 Å². The molecule has 0 aliphatic rings. The number of nitrogens with zero attached hydrogens (tertiary/aromatic N) is 2. The van der Waals surface area contributed by atoms with Crippen LogP contribution in [0.4, 0.5) is 10.2 Å². The third kappa shape index (κ3) is 3.92. The zero-order valence-electron chi connectivity index (χ0n) is 11.0. The Hall–Kier alpha value is -1.62. The van der Waals surface area contributed by atoms with Gasteiger partial charge in [-0.25, -0.2) is 14.4 Å². The summed E-state index contributed by atoms with van der Waals surface area (Å²) in [5.74, 6) is 2.00. The molecule has 3 nitrogen and oxygen atoms in total. The highest BCUT2D eigenvalue weighted by Crippen LogP contribution is 2.22. The summed E-state index contributed by atoms with van der Waals surface area (Å²) >= 11 is 1.53. The highest BCUT2D eigenvalue weighted by atomic mass is 32.2. The van der Waals surface area contributed by atoms with Crippen LogP contribution in [-0.4, -0.2) is 17.0 Å². The second kappa shape index (κ2) is 6.52. The summed E-state index contributed by atoms with van der Waals surface area (Å²) in [4.78, 5) is 9.76. The van der Waals surface area contributed by atoms with E-state index in [0.717, 1.165) is 28.7 Å². The second-order valence-electron chi connectivity index (χ2n) is 4.01. The SMILES string of the molecule is CCc1cc(NC)nc(CSc2cccc(F)c2)n1. The van der Waals surface area contributed by atoms with E-state index in [4.69, 9.17) is 0 Å². The number of benzene rings is 1. The van der Waals surface area contributed by atoms with E-state index < -0.39 is 0 Å². The first kappa shape index (κ1) is 13.8. The van der Waals surface area contributed by atoms with Crippen molar-refractivity contribution in [2.24, 2.45) is 0 Å². The van der Waals surface area contributed by atoms with Crippen molar-refractivity contribution in [3.8, 4) is 0 Å². The largest absolute Gasteiger partial charge is 0.373 e. The minimum atomic E-state index is -0.218. The average molecular weight is 277 g/mol. The van der Waals surface area contributed by atoms with E-state index in [-0.39, 0.29) is 5.82 Å². The lowest BCUT2D eigenvalue weighted by Crippen LogP contribution is -2.02. The fourth-order valence-electron chi connectivity index (χ4n) is 1.63. The zero-order valence-corrected chi connectivity index (χ0v) is 11.8. The van der Waals surface area contributed by atoms with Gasteiger partial charge in [0.25, 0.3) is 0 Å². The maximum absolute atomic E-state index is 13.1. The lowest BCUT2D eigenvalue weighted by atomic mass is 10.3. The number of rotatable bonds is 5. The average Bonchev–Trinajstić information content (AvgIpc) is 2.44. The molecule has 0 fully saturated rings. The predicted octanol–water partition coefficient (Wildman–Crippen LogP) is 3.51. The molecule has 1 aromatic carbocycles. The van der Waals surface area contributed by atoms with Crippen molar-refractivity contribution in [3.05, 3.63) is 47.7 Å². The van der Waals surface area contributed by atoms with Gasteiger partial charge in [-0.15, -0.1) is 11.8 Å². The molecule has 5 heteroatoms. The highest BCUT2D eigenvalue weighted by molar-refractivity contribution is 7.98. The van der Waals surface area contributed by atoms with Gasteiger partial charge in [0, 0.05) is 23.7 Å². The van der Waals surface area contributed by atoms with Crippen LogP contribution in [0.2, 0.25) is 0 Å². The number of thioether (sulfide) groups is 1. The van der Waals surface area contributed by atoms with Crippen LogP contribution in [0.15, 0.2) is 35.2 Å². The number of aromatic nitrogens is 2. The molecule has 2 aromatic rings. The smallest absolute Gasteiger partial charge is 0.141 e. The Kier molecular flexibility index (Phi) is 4.74. The monoisotopic (exact) mass is 277 g/mol. The van der Waals surface area contributed by atoms with Crippen molar-refractivity contribution >= 4 is 17.6 Å². The van der Waals surface area contributed by atoms with Crippen molar-refractivity contribution in [1.29, 1.82) is 0 Å². The fraction of sp³-hybridized carbons (Fsp3) is 0.286. The van der Waals surface area contributed by atoms with Crippen LogP contribution in [0.1, 0.15) is 18.4 Å². The van der Waals surface area contributed by atoms with Gasteiger partial charge in [0.1, 0.15) is 17.5 Å². The third-order valence-electron chi connectivity index (χ3n) is 2.61. The molecule has 0 bridgehead atoms. The van der Waals surface area contributed by atoms with Gasteiger partial charge in [-0.05, 0) is 24.6 Å². The molecule has 19 heavy (non-hydrogen) atoms. The molecule has 1 N–H and O–H groups in total. The van der Waals surface area contributed by atoms with Crippen molar-refractivity contribution < 1.29 is 4.39 Å². The standard InChI is InChI=1S/C14H16FN3S/c1-3-11-8-13(16-2)18-14(17-11)9-19-12-6-4-5-10(15)7-12/h4-8H,3,9H2,1-2H3,(H,16,17,18). The summed E-state index contributed by atoms with van der Waals surface area (Å²) in [5, 5.41) is 3.03. The summed E-state index contributed by atoms with van der Waals surface area (Å²) in [6.45, 7) is 2.06. The normalized spacial score (nSPS) is 10.5. The topological polar surface area (TPSA) is 37.8 Å². The fourth-order valence-corrected chi connectivity index (χ4v) is 2.43. The summed E-state index contributed by atoms with van der Waals surface area (Å²) in [6, 6.07) is 8.50. The molecule has 1 heterocycles. The molecule has 0 saturated heterocycles. The molecule has 0 saturated carbocycles. The molecule has 1 aromatic heterocycles. The van der Waals surface area contributed by atoms with Crippen molar-refractivity contribution in [2.75, 3.05) is 12.4 Å². The number of anilines is 1. The number of hydrogen-bond acceptors (Lipinski definition) is 4. The molecule has 2 rings (SSSR count). The molecule has 0 radical (unpaired) electrons. The molecule has 0 spiro atoms. The van der Waals surface area contributed by atoms with E-state index in [1.165, 1.54) is 23.9 Å². The number of nitrogens with one attached hydrogen (secondary N) is 1. The Bertz CT molecular complexity index is 538. The van der Waals surface area contributed by atoms with Crippen molar-refractivity contribution in [2.45, 2.75) is 24.0 Å². The maximum Gasteiger partial charge on any atom is 0.141 e. The highest BCUT2D eigenvalue weighted by Gasteiger charge is 2.04. The first-order valence-corrected chi connectivity index (χ1v) is 7.12. The van der Waals surface area contributed by atoms with Crippen molar-refractivity contribution in [1.82, 2.24) is 9.97 Å². The van der Waals surface area contributed by atoms with Crippen LogP contribution in [0, 0.1) is 5.82 Å². The van der Waals surface area contributed by atoms with E-state index >= 15 is 0 Å². The van der Waals surface area contributed by atoms with E-state index in [1.54, 1.807) is 6.07 Å². The van der Waals surface area contributed by atoms with Crippen LogP contribution in [0.5, 0.6) is 0 Å². The Balaban J connectivity index is 2.10. The van der Waals surface area contributed by atoms with E-state index in [1.807, 2.05) is 19.2 Å². The predicted molar refractivity (Wildman–Crippen MR) is 76.9 cm³/mol. The van der Waals surface area contributed by atoms with E-state index in [9.17, 15) is 4.39 Å². The summed E-state index contributed by atoms with van der Waals surface area (Å²) < 4.78 is 13.1. The van der Waals surface area contributed by atoms with Crippen LogP contribution in [-0.2, 0) is 12.2 Å². The lowest BCUT2D eigenvalue weighted by molar-refractivity contribution is 0.624. The van der Waals surface area contributed by atoms with Crippen molar-refractivity contribution in [3.63, 3.8) is 0 Å².